The number of anilines is 3. The summed E-state index contributed by atoms with van der Waals surface area (Å²) in [5.74, 6) is 0.910. The maximum atomic E-state index is 15.3. The Morgan fingerprint density at radius 1 is 1.07 bits per heavy atom. The summed E-state index contributed by atoms with van der Waals surface area (Å²) in [6, 6.07) is 7.79. The van der Waals surface area contributed by atoms with E-state index < -0.39 is 11.4 Å². The van der Waals surface area contributed by atoms with Crippen molar-refractivity contribution in [1.29, 1.82) is 0 Å². The maximum absolute atomic E-state index is 15.3. The lowest BCUT2D eigenvalue weighted by molar-refractivity contribution is 0.0240. The standard InChI is InChI=1S/C28H26BrClFN9O3/c1-28(2,3)43-27(41)39-8-6-38(7-9-39)26-17(29)11-21-24(37-26)25(34-14-32-21)36-20-12-18(30)22(13-19(20)31)42-16-4-5-40-23(10-16)33-15-35-40/h4-5,10-15H,6-9H2,1-3H3,(H,32,34,36). The molecule has 1 fully saturated rings. The first-order valence-corrected chi connectivity index (χ1v) is 14.5. The van der Waals surface area contributed by atoms with Crippen LogP contribution in [0.3, 0.4) is 0 Å². The number of hydrogen-bond acceptors (Lipinski definition) is 10. The van der Waals surface area contributed by atoms with E-state index in [1.54, 1.807) is 27.7 Å². The van der Waals surface area contributed by atoms with Crippen LogP contribution in [0.2, 0.25) is 5.02 Å². The second-order valence-electron chi connectivity index (χ2n) is 10.8. The fourth-order valence-corrected chi connectivity index (χ4v) is 5.27. The number of hydrogen-bond donors (Lipinski definition) is 1. The summed E-state index contributed by atoms with van der Waals surface area (Å²) in [6.45, 7) is 7.56. The van der Waals surface area contributed by atoms with E-state index in [1.165, 1.54) is 24.8 Å². The van der Waals surface area contributed by atoms with Gasteiger partial charge in [0.2, 0.25) is 0 Å². The lowest BCUT2D eigenvalue weighted by Crippen LogP contribution is -2.50. The molecular formula is C28H26BrClFN9O3. The van der Waals surface area contributed by atoms with Gasteiger partial charge in [-0.1, -0.05) is 11.6 Å². The first-order valence-electron chi connectivity index (χ1n) is 13.3. The third kappa shape index (κ3) is 6.25. The van der Waals surface area contributed by atoms with Gasteiger partial charge in [-0.2, -0.15) is 5.10 Å². The topological polar surface area (TPSA) is 123 Å². The highest BCUT2D eigenvalue weighted by Gasteiger charge is 2.27. The predicted molar refractivity (Wildman–Crippen MR) is 163 cm³/mol. The quantitative estimate of drug-likeness (QED) is 0.231. The molecule has 0 saturated carbocycles. The summed E-state index contributed by atoms with van der Waals surface area (Å²) in [4.78, 5) is 33.9. The Bertz CT molecular complexity index is 1840. The van der Waals surface area contributed by atoms with Crippen LogP contribution in [0.25, 0.3) is 16.7 Å². The van der Waals surface area contributed by atoms with Crippen molar-refractivity contribution in [2.75, 3.05) is 36.4 Å². The number of fused-ring (bicyclic) bond motifs is 2. The molecule has 43 heavy (non-hydrogen) atoms. The highest BCUT2D eigenvalue weighted by Crippen LogP contribution is 2.36. The van der Waals surface area contributed by atoms with Crippen LogP contribution in [0.15, 0.2) is 53.7 Å². The Morgan fingerprint density at radius 3 is 2.63 bits per heavy atom. The number of aromatic nitrogens is 6. The van der Waals surface area contributed by atoms with Crippen molar-refractivity contribution in [1.82, 2.24) is 34.4 Å². The first-order chi connectivity index (χ1) is 20.5. The number of rotatable bonds is 5. The first kappa shape index (κ1) is 28.8. The lowest BCUT2D eigenvalue weighted by Gasteiger charge is -2.36. The molecule has 1 aromatic carbocycles. The normalized spacial score (nSPS) is 13.9. The molecule has 6 rings (SSSR count). The SMILES string of the molecule is CC(C)(C)OC(=O)N1CCN(c2nc3c(Nc4cc(Cl)c(Oc5ccn6ncnc6c5)cc4F)ncnc3cc2Br)CC1. The zero-order valence-corrected chi connectivity index (χ0v) is 25.7. The Kier molecular flexibility index (Phi) is 7.65. The van der Waals surface area contributed by atoms with E-state index in [0.717, 1.165) is 4.47 Å². The van der Waals surface area contributed by atoms with Crippen molar-refractivity contribution in [3.05, 3.63) is 64.5 Å². The lowest BCUT2D eigenvalue weighted by atomic mass is 10.2. The highest BCUT2D eigenvalue weighted by molar-refractivity contribution is 9.10. The van der Waals surface area contributed by atoms with E-state index in [1.807, 2.05) is 26.8 Å². The van der Waals surface area contributed by atoms with Gasteiger partial charge in [-0.15, -0.1) is 0 Å². The molecule has 0 radical (unpaired) electrons. The van der Waals surface area contributed by atoms with E-state index in [0.29, 0.717) is 60.2 Å². The Hall–Kier alpha value is -4.30. The molecule has 1 aliphatic heterocycles. The van der Waals surface area contributed by atoms with Gasteiger partial charge in [0.1, 0.15) is 46.9 Å². The maximum Gasteiger partial charge on any atom is 0.410 e. The molecule has 15 heteroatoms. The highest BCUT2D eigenvalue weighted by atomic mass is 79.9. The van der Waals surface area contributed by atoms with Crippen LogP contribution in [-0.4, -0.2) is 72.3 Å². The molecule has 0 spiro atoms. The third-order valence-electron chi connectivity index (χ3n) is 6.53. The third-order valence-corrected chi connectivity index (χ3v) is 7.41. The molecule has 0 unspecified atom stereocenters. The zero-order valence-electron chi connectivity index (χ0n) is 23.4. The largest absolute Gasteiger partial charge is 0.455 e. The average molecular weight is 671 g/mol. The van der Waals surface area contributed by atoms with Gasteiger partial charge in [0, 0.05) is 44.5 Å². The second kappa shape index (κ2) is 11.4. The van der Waals surface area contributed by atoms with Crippen molar-refractivity contribution in [3.8, 4) is 11.5 Å². The number of amides is 1. The fraction of sp³-hybridized carbons (Fsp3) is 0.286. The molecule has 222 valence electrons. The van der Waals surface area contributed by atoms with Gasteiger partial charge in [0.05, 0.1) is 20.7 Å². The molecular weight excluding hydrogens is 645 g/mol. The molecule has 12 nitrogen and oxygen atoms in total. The Morgan fingerprint density at radius 2 is 1.86 bits per heavy atom. The number of benzene rings is 1. The zero-order chi connectivity index (χ0) is 30.3. The van der Waals surface area contributed by atoms with Crippen LogP contribution in [0.1, 0.15) is 20.8 Å². The van der Waals surface area contributed by atoms with Crippen molar-refractivity contribution in [3.63, 3.8) is 0 Å². The molecule has 1 saturated heterocycles. The number of pyridine rings is 2. The van der Waals surface area contributed by atoms with Crippen molar-refractivity contribution in [2.24, 2.45) is 0 Å². The Labute approximate surface area is 258 Å². The molecule has 1 amide bonds. The average Bonchev–Trinajstić information content (AvgIpc) is 3.43. The summed E-state index contributed by atoms with van der Waals surface area (Å²) in [5.41, 5.74) is 1.09. The van der Waals surface area contributed by atoms with Crippen molar-refractivity contribution in [2.45, 2.75) is 26.4 Å². The van der Waals surface area contributed by atoms with Crippen LogP contribution < -0.4 is 15.0 Å². The van der Waals surface area contributed by atoms with Gasteiger partial charge in [0.15, 0.2) is 11.5 Å². The van der Waals surface area contributed by atoms with Gasteiger partial charge in [-0.25, -0.2) is 33.6 Å². The van der Waals surface area contributed by atoms with E-state index in [4.69, 9.17) is 26.1 Å². The van der Waals surface area contributed by atoms with Gasteiger partial charge < -0.3 is 24.6 Å². The van der Waals surface area contributed by atoms with Gasteiger partial charge in [-0.05, 0) is 54.9 Å². The van der Waals surface area contributed by atoms with Gasteiger partial charge >= 0.3 is 6.09 Å². The van der Waals surface area contributed by atoms with Gasteiger partial charge in [-0.3, -0.25) is 0 Å². The van der Waals surface area contributed by atoms with E-state index in [2.05, 4.69) is 46.2 Å². The second-order valence-corrected chi connectivity index (χ2v) is 12.0. The van der Waals surface area contributed by atoms with E-state index in [-0.39, 0.29) is 22.6 Å². The minimum Gasteiger partial charge on any atom is -0.455 e. The molecule has 0 bridgehead atoms. The van der Waals surface area contributed by atoms with Crippen LogP contribution in [0.4, 0.5) is 26.5 Å². The summed E-state index contributed by atoms with van der Waals surface area (Å²) >= 11 is 10.1. The van der Waals surface area contributed by atoms with Crippen LogP contribution >= 0.6 is 27.5 Å². The van der Waals surface area contributed by atoms with E-state index in [9.17, 15) is 4.79 Å². The Balaban J connectivity index is 1.22. The number of carbonyl (C=O) groups is 1. The summed E-state index contributed by atoms with van der Waals surface area (Å²) in [5, 5.41) is 7.24. The van der Waals surface area contributed by atoms with Crippen LogP contribution in [0, 0.1) is 5.82 Å². The number of piperazine rings is 1. The fourth-order valence-electron chi connectivity index (χ4n) is 4.51. The summed E-state index contributed by atoms with van der Waals surface area (Å²) in [6.07, 6.45) is 4.13. The predicted octanol–water partition coefficient (Wildman–Crippen LogP) is 6.22. The molecule has 0 aliphatic carbocycles. The summed E-state index contributed by atoms with van der Waals surface area (Å²) in [7, 11) is 0. The number of carbonyl (C=O) groups excluding carboxylic acids is 1. The smallest absolute Gasteiger partial charge is 0.410 e. The molecule has 1 aliphatic rings. The van der Waals surface area contributed by atoms with Gasteiger partial charge in [0.25, 0.3) is 0 Å². The molecule has 4 aromatic heterocycles. The van der Waals surface area contributed by atoms with Crippen molar-refractivity contribution < 1.29 is 18.7 Å². The molecule has 5 aromatic rings. The van der Waals surface area contributed by atoms with E-state index >= 15 is 4.39 Å². The van der Waals surface area contributed by atoms with Crippen LogP contribution in [0.5, 0.6) is 11.5 Å². The number of nitrogens with zero attached hydrogens (tertiary/aromatic N) is 8. The number of nitrogens with one attached hydrogen (secondary N) is 1. The molecule has 5 heterocycles. The number of ether oxygens (including phenoxy) is 2. The minimum atomic E-state index is -0.606. The summed E-state index contributed by atoms with van der Waals surface area (Å²) < 4.78 is 29.0. The monoisotopic (exact) mass is 669 g/mol. The minimum absolute atomic E-state index is 0.0857. The van der Waals surface area contributed by atoms with Crippen molar-refractivity contribution >= 4 is 67.6 Å². The molecule has 0 atom stereocenters. The number of halogens is 3. The molecule has 1 N–H and O–H groups in total. The van der Waals surface area contributed by atoms with Crippen LogP contribution in [-0.2, 0) is 4.74 Å².